The number of anilines is 4. The highest BCUT2D eigenvalue weighted by atomic mass is 32.2. The lowest BCUT2D eigenvalue weighted by atomic mass is 9.59. The van der Waals surface area contributed by atoms with E-state index in [9.17, 15) is 28.4 Å². The molecule has 4 N–H and O–H groups in total. The number of aromatic nitrogens is 2. The van der Waals surface area contributed by atoms with E-state index >= 15 is 0 Å². The van der Waals surface area contributed by atoms with Crippen LogP contribution in [0.15, 0.2) is 77.8 Å². The Labute approximate surface area is 409 Å². The highest BCUT2D eigenvalue weighted by molar-refractivity contribution is 7.90. The van der Waals surface area contributed by atoms with Gasteiger partial charge in [0.15, 0.2) is 11.4 Å². The third-order valence-corrected chi connectivity index (χ3v) is 17.6. The summed E-state index contributed by atoms with van der Waals surface area (Å²) >= 11 is 0. The summed E-state index contributed by atoms with van der Waals surface area (Å²) in [4.78, 5) is 41.1. The number of nitro groups is 1. The summed E-state index contributed by atoms with van der Waals surface area (Å²) in [5.74, 6) is 0.374. The number of piperidine rings is 1. The smallest absolute Gasteiger partial charge is 0.297 e. The fourth-order valence-corrected chi connectivity index (χ4v) is 13.6. The molecule has 6 aliphatic rings. The zero-order valence-electron chi connectivity index (χ0n) is 40.1. The summed E-state index contributed by atoms with van der Waals surface area (Å²) in [6, 6.07) is 21.5. The van der Waals surface area contributed by atoms with E-state index in [-0.39, 0.29) is 35.8 Å². The molecule has 2 aromatic heterocycles. The van der Waals surface area contributed by atoms with Gasteiger partial charge < -0.3 is 34.7 Å². The fourth-order valence-electron chi connectivity index (χ4n) is 12.6. The molecule has 2 atom stereocenters. The minimum atomic E-state index is -4.66. The van der Waals surface area contributed by atoms with Crippen molar-refractivity contribution in [3.05, 3.63) is 99.7 Å². The molecule has 4 fully saturated rings. The quantitative estimate of drug-likeness (QED) is 0.0723. The number of hydrogen-bond acceptors (Lipinski definition) is 13. The van der Waals surface area contributed by atoms with E-state index in [1.807, 2.05) is 35.4 Å². The molecule has 4 aliphatic heterocycles. The van der Waals surface area contributed by atoms with Crippen molar-refractivity contribution >= 4 is 55.4 Å². The Bertz CT molecular complexity index is 2900. The number of amides is 1. The van der Waals surface area contributed by atoms with Crippen molar-refractivity contribution in [2.45, 2.75) is 126 Å². The molecule has 0 unspecified atom stereocenters. The summed E-state index contributed by atoms with van der Waals surface area (Å²) < 4.78 is 42.9. The van der Waals surface area contributed by atoms with Gasteiger partial charge >= 0.3 is 0 Å². The van der Waals surface area contributed by atoms with Gasteiger partial charge in [-0.05, 0) is 142 Å². The predicted molar refractivity (Wildman–Crippen MR) is 269 cm³/mol. The Balaban J connectivity index is 0.843. The zero-order valence-corrected chi connectivity index (χ0v) is 40.9. The van der Waals surface area contributed by atoms with Gasteiger partial charge in [-0.2, -0.15) is 4.98 Å². The molecule has 17 heteroatoms. The van der Waals surface area contributed by atoms with Crippen LogP contribution in [0, 0.1) is 21.4 Å². The molecule has 1 amide bonds. The van der Waals surface area contributed by atoms with E-state index in [2.05, 4.69) is 62.9 Å². The van der Waals surface area contributed by atoms with Crippen molar-refractivity contribution in [1.82, 2.24) is 19.6 Å². The van der Waals surface area contributed by atoms with Crippen LogP contribution in [-0.2, 0) is 10.0 Å². The van der Waals surface area contributed by atoms with Gasteiger partial charge in [0.2, 0.25) is 5.88 Å². The molecule has 2 saturated carbocycles. The van der Waals surface area contributed by atoms with Crippen molar-refractivity contribution in [3.8, 4) is 11.6 Å². The minimum absolute atomic E-state index is 0.0283. The first kappa shape index (κ1) is 46.5. The highest BCUT2D eigenvalue weighted by Crippen LogP contribution is 2.55. The van der Waals surface area contributed by atoms with Crippen LogP contribution in [0.2, 0.25) is 0 Å². The van der Waals surface area contributed by atoms with Crippen molar-refractivity contribution in [2.75, 3.05) is 54.5 Å². The van der Waals surface area contributed by atoms with Gasteiger partial charge in [0.05, 0.1) is 39.8 Å². The zero-order chi connectivity index (χ0) is 48.3. The Morgan fingerprint density at radius 2 is 1.76 bits per heavy atom. The highest BCUT2D eigenvalue weighted by Gasteiger charge is 2.50. The lowest BCUT2D eigenvalue weighted by molar-refractivity contribution is -0.384. The third kappa shape index (κ3) is 8.93. The number of rotatable bonds is 11. The molecule has 0 radical (unpaired) electrons. The molecule has 16 nitrogen and oxygen atoms in total. The molecule has 3 aromatic carbocycles. The molecule has 0 bridgehead atoms. The molecule has 370 valence electrons. The molecule has 2 saturated heterocycles. The summed E-state index contributed by atoms with van der Waals surface area (Å²) in [6.45, 7) is 8.51. The van der Waals surface area contributed by atoms with Gasteiger partial charge in [-0.15, -0.1) is 0 Å². The number of carbonyl (C=O) groups is 1. The normalized spacial score (nSPS) is 23.7. The van der Waals surface area contributed by atoms with Crippen LogP contribution in [0.4, 0.5) is 28.4 Å². The number of nitrogens with zero attached hydrogens (tertiary/aromatic N) is 5. The largest absolute Gasteiger partial charge is 0.489 e. The third-order valence-electron chi connectivity index (χ3n) is 16.3. The molecular weight excluding hydrogens is 909 g/mol. The maximum atomic E-state index is 14.6. The second kappa shape index (κ2) is 18.7. The van der Waals surface area contributed by atoms with Crippen LogP contribution in [0.25, 0.3) is 11.0 Å². The fraction of sp³-hybridized carbons (Fsp3) is 0.509. The second-order valence-electron chi connectivity index (χ2n) is 21.1. The van der Waals surface area contributed by atoms with Crippen LogP contribution in [0.3, 0.4) is 0 Å². The first-order valence-electron chi connectivity index (χ1n) is 25.4. The molecular formula is C53H64N8O8S. The van der Waals surface area contributed by atoms with Crippen LogP contribution in [0.5, 0.6) is 11.6 Å². The average Bonchev–Trinajstić information content (AvgIpc) is 3.98. The molecule has 1 spiro atoms. The number of H-pyrrole nitrogens is 1. The second-order valence-corrected chi connectivity index (χ2v) is 22.8. The lowest BCUT2D eigenvalue weighted by Crippen LogP contribution is -2.55. The van der Waals surface area contributed by atoms with Crippen molar-refractivity contribution in [3.63, 3.8) is 0 Å². The average molecular weight is 973 g/mol. The summed E-state index contributed by atoms with van der Waals surface area (Å²) in [7, 11) is -4.66. The number of aromatic amines is 1. The van der Waals surface area contributed by atoms with Crippen molar-refractivity contribution in [2.24, 2.45) is 11.3 Å². The Morgan fingerprint density at radius 1 is 0.957 bits per heavy atom. The van der Waals surface area contributed by atoms with E-state index in [1.165, 1.54) is 42.9 Å². The van der Waals surface area contributed by atoms with Crippen molar-refractivity contribution < 1.29 is 32.7 Å². The number of pyridine rings is 1. The van der Waals surface area contributed by atoms with Gasteiger partial charge in [0.25, 0.3) is 21.6 Å². The summed E-state index contributed by atoms with van der Waals surface area (Å²) in [6.07, 6.45) is 13.0. The van der Waals surface area contributed by atoms with Gasteiger partial charge in [-0.25, -0.2) is 13.1 Å². The Kier molecular flexibility index (Phi) is 12.4. The van der Waals surface area contributed by atoms with E-state index < -0.39 is 31.4 Å². The summed E-state index contributed by atoms with van der Waals surface area (Å²) in [5.41, 5.74) is 5.78. The van der Waals surface area contributed by atoms with E-state index in [0.29, 0.717) is 78.2 Å². The van der Waals surface area contributed by atoms with Gasteiger partial charge in [0, 0.05) is 61.1 Å². The van der Waals surface area contributed by atoms with E-state index in [1.54, 1.807) is 6.07 Å². The molecule has 70 heavy (non-hydrogen) atoms. The predicted octanol–water partition coefficient (Wildman–Crippen LogP) is 9.33. The van der Waals surface area contributed by atoms with Crippen LogP contribution in [0.1, 0.15) is 124 Å². The maximum absolute atomic E-state index is 14.6. The lowest BCUT2D eigenvalue weighted by Gasteiger charge is -2.56. The van der Waals surface area contributed by atoms with E-state index in [0.717, 1.165) is 75.3 Å². The Morgan fingerprint density at radius 3 is 2.54 bits per heavy atom. The number of nitro benzene ring substituents is 1. The standard InChI is InChI=1S/C53H64N8O8S/c1-33(2)41-7-3-4-8-42(41)44-9-5-20-59(44)38-30-53(31-38)17-22-58(23-18-53)37-12-15-43(45(27-37)60-21-6-24-68-52-47(60)26-35-16-19-54-50(35)56-52)51(63)57-70(66,67)40-28-46(61(64)65)49-48(29-40)69-32-36(55-49)25-34-10-13-39(62)14-11-34/h3-4,7-8,12,15-16,19,26-29,33-34,36,38-39,44,55,62H,5-6,9-11,13-14,17-18,20-25,30-32H2,1-2H3,(H,54,56)(H,57,63)/t34-,36-,39-,44+/m1/s1. The number of nitrogens with one attached hydrogen (secondary N) is 3. The first-order chi connectivity index (χ1) is 33.8. The number of carbonyl (C=O) groups excluding carboxylic acids is 1. The molecule has 11 rings (SSSR count). The molecule has 6 heterocycles. The van der Waals surface area contributed by atoms with Gasteiger partial charge in [-0.3, -0.25) is 19.8 Å². The first-order valence-corrected chi connectivity index (χ1v) is 26.9. The van der Waals surface area contributed by atoms with Crippen molar-refractivity contribution in [1.29, 1.82) is 0 Å². The van der Waals surface area contributed by atoms with Crippen LogP contribution < -0.4 is 29.3 Å². The number of likely N-dealkylation sites (tertiary alicyclic amines) is 1. The number of aliphatic hydroxyl groups is 1. The van der Waals surface area contributed by atoms with Crippen LogP contribution >= 0.6 is 0 Å². The molecule has 5 aromatic rings. The van der Waals surface area contributed by atoms with E-state index in [4.69, 9.17) is 14.5 Å². The van der Waals surface area contributed by atoms with Gasteiger partial charge in [-0.1, -0.05) is 38.1 Å². The number of sulfonamides is 1. The SMILES string of the molecule is CC(C)c1ccccc1[C@@H]1CCCN1C1CC2(CCN(c3ccc(C(=O)NS(=O)(=O)c4cc5c(c([N+](=O)[O-])c4)N[C@H](C[C@H]4CC[C@H](O)CC4)CO5)c(N4CCCOc5nc6[nH]ccc6cc54)c3)CC2)C1. The number of aliphatic hydroxyl groups excluding tert-OH is 1. The topological polar surface area (TPSA) is 195 Å². The number of fused-ring (bicyclic) bond motifs is 3. The van der Waals surface area contributed by atoms with Crippen LogP contribution in [-0.4, -0.2) is 96.8 Å². The monoisotopic (exact) mass is 972 g/mol. The van der Waals surface area contributed by atoms with Gasteiger partial charge in [0.1, 0.15) is 17.9 Å². The molecule has 2 aliphatic carbocycles. The maximum Gasteiger partial charge on any atom is 0.297 e. The number of ether oxygens (including phenoxy) is 2. The Hall–Kier alpha value is -5.91. The number of hydrogen-bond donors (Lipinski definition) is 4. The summed E-state index contributed by atoms with van der Waals surface area (Å²) in [5, 5.41) is 26.6. The minimum Gasteiger partial charge on any atom is -0.489 e. The number of benzene rings is 3.